The third kappa shape index (κ3) is 5.29. The fourth-order valence-corrected chi connectivity index (χ4v) is 3.16. The Labute approximate surface area is 169 Å². The number of aliphatic hydroxyl groups is 1. The first-order chi connectivity index (χ1) is 14.1. The smallest absolute Gasteiger partial charge is 0.277 e. The van der Waals surface area contributed by atoms with E-state index in [1.54, 1.807) is 12.6 Å². The van der Waals surface area contributed by atoms with Crippen LogP contribution in [0.2, 0.25) is 0 Å². The zero-order valence-electron chi connectivity index (χ0n) is 16.2. The molecule has 1 saturated heterocycles. The van der Waals surface area contributed by atoms with Crippen molar-refractivity contribution in [2.45, 2.75) is 6.04 Å². The largest absolute Gasteiger partial charge is 0.497 e. The molecule has 3 rings (SSSR count). The molecule has 2 heterocycles. The molecule has 1 unspecified atom stereocenters. The van der Waals surface area contributed by atoms with E-state index in [4.69, 9.17) is 9.94 Å². The Hall–Kier alpha value is -3.01. The van der Waals surface area contributed by atoms with Crippen molar-refractivity contribution < 1.29 is 19.8 Å². The lowest BCUT2D eigenvalue weighted by molar-refractivity contribution is 0.0705. The summed E-state index contributed by atoms with van der Waals surface area (Å²) in [6.45, 7) is 2.95. The van der Waals surface area contributed by atoms with Gasteiger partial charge in [0, 0.05) is 38.6 Å². The Morgan fingerprint density at radius 2 is 1.86 bits per heavy atom. The summed E-state index contributed by atoms with van der Waals surface area (Å²) >= 11 is 0. The molecule has 0 aliphatic carbocycles. The quantitative estimate of drug-likeness (QED) is 0.463. The maximum atomic E-state index is 11.4. The summed E-state index contributed by atoms with van der Waals surface area (Å²) in [6.07, 6.45) is 6.78. The van der Waals surface area contributed by atoms with Crippen molar-refractivity contribution >= 4 is 17.9 Å². The van der Waals surface area contributed by atoms with E-state index in [-0.39, 0.29) is 18.2 Å². The highest BCUT2D eigenvalue weighted by molar-refractivity contribution is 5.92. The third-order valence-electron chi connectivity index (χ3n) is 4.88. The van der Waals surface area contributed by atoms with Crippen LogP contribution in [0.15, 0.2) is 42.7 Å². The molecule has 29 heavy (non-hydrogen) atoms. The minimum absolute atomic E-state index is 0.0358. The molecule has 1 atom stereocenters. The molecule has 3 N–H and O–H groups in total. The zero-order chi connectivity index (χ0) is 20.6. The predicted molar refractivity (Wildman–Crippen MR) is 108 cm³/mol. The third-order valence-corrected chi connectivity index (χ3v) is 4.88. The lowest BCUT2D eigenvalue weighted by atomic mass is 10.1. The van der Waals surface area contributed by atoms with E-state index in [1.807, 2.05) is 41.3 Å². The van der Waals surface area contributed by atoms with Gasteiger partial charge in [0.05, 0.1) is 25.3 Å². The molecule has 1 amide bonds. The average molecular weight is 399 g/mol. The Balaban J connectivity index is 1.56. The lowest BCUT2D eigenvalue weighted by Gasteiger charge is -2.37. The van der Waals surface area contributed by atoms with Crippen molar-refractivity contribution in [1.29, 1.82) is 0 Å². The number of methoxy groups -OCH3 is 1. The van der Waals surface area contributed by atoms with Crippen LogP contribution in [0.25, 0.3) is 6.08 Å². The Kier molecular flexibility index (Phi) is 7.12. The molecule has 1 fully saturated rings. The van der Waals surface area contributed by atoms with Gasteiger partial charge in [-0.2, -0.15) is 0 Å². The Bertz CT molecular complexity index is 818. The van der Waals surface area contributed by atoms with Crippen LogP contribution in [-0.4, -0.2) is 77.0 Å². The number of benzene rings is 1. The Morgan fingerprint density at radius 3 is 2.41 bits per heavy atom. The van der Waals surface area contributed by atoms with E-state index in [2.05, 4.69) is 14.9 Å². The van der Waals surface area contributed by atoms with Gasteiger partial charge in [0.1, 0.15) is 5.75 Å². The number of hydrogen-bond acceptors (Lipinski definition) is 8. The molecular weight excluding hydrogens is 374 g/mol. The van der Waals surface area contributed by atoms with E-state index in [9.17, 15) is 9.90 Å². The average Bonchev–Trinajstić information content (AvgIpc) is 2.80. The van der Waals surface area contributed by atoms with Gasteiger partial charge in [0.25, 0.3) is 5.91 Å². The second kappa shape index (κ2) is 9.97. The van der Waals surface area contributed by atoms with Gasteiger partial charge in [-0.15, -0.1) is 0 Å². The van der Waals surface area contributed by atoms with Crippen LogP contribution in [0.3, 0.4) is 0 Å². The van der Waals surface area contributed by atoms with Gasteiger partial charge in [-0.1, -0.05) is 24.3 Å². The van der Waals surface area contributed by atoms with Crippen molar-refractivity contribution in [1.82, 2.24) is 20.3 Å². The highest BCUT2D eigenvalue weighted by Crippen LogP contribution is 2.16. The number of nitrogens with one attached hydrogen (secondary N) is 1. The van der Waals surface area contributed by atoms with Crippen LogP contribution < -0.4 is 15.1 Å². The number of nitrogens with zero attached hydrogens (tertiary/aromatic N) is 4. The number of ether oxygens (including phenoxy) is 1. The molecule has 1 aromatic heterocycles. The Morgan fingerprint density at radius 1 is 1.21 bits per heavy atom. The standard InChI is InChI=1S/C20H25N5O4/c1-29-18-6-3-15(4-7-18)2-5-17(14-26)24-8-10-25(11-9-24)20-21-12-16(13-22-20)19(27)23-28/h2-7,12-13,17,26,28H,8-11,14H2,1H3,(H,23,27)/b5-2+. The van der Waals surface area contributed by atoms with Crippen molar-refractivity contribution in [3.8, 4) is 5.75 Å². The number of carbonyl (C=O) groups excluding carboxylic acids is 1. The van der Waals surface area contributed by atoms with Crippen LogP contribution in [0.4, 0.5) is 5.95 Å². The van der Waals surface area contributed by atoms with Crippen molar-refractivity contribution in [3.05, 3.63) is 53.9 Å². The number of carbonyl (C=O) groups is 1. The normalized spacial score (nSPS) is 16.0. The summed E-state index contributed by atoms with van der Waals surface area (Å²) < 4.78 is 5.16. The second-order valence-electron chi connectivity index (χ2n) is 6.62. The van der Waals surface area contributed by atoms with Gasteiger partial charge in [0.2, 0.25) is 5.95 Å². The predicted octanol–water partition coefficient (Wildman–Crippen LogP) is 0.801. The van der Waals surface area contributed by atoms with Crippen LogP contribution in [0.1, 0.15) is 15.9 Å². The molecule has 9 heteroatoms. The summed E-state index contributed by atoms with van der Waals surface area (Å²) in [7, 11) is 1.64. The molecule has 9 nitrogen and oxygen atoms in total. The maximum Gasteiger partial charge on any atom is 0.277 e. The summed E-state index contributed by atoms with van der Waals surface area (Å²) in [5.74, 6) is 0.702. The molecular formula is C20H25N5O4. The zero-order valence-corrected chi connectivity index (χ0v) is 16.2. The number of hydrogen-bond donors (Lipinski definition) is 3. The highest BCUT2D eigenvalue weighted by atomic mass is 16.5. The van der Waals surface area contributed by atoms with Gasteiger partial charge in [-0.05, 0) is 17.7 Å². The van der Waals surface area contributed by atoms with E-state index >= 15 is 0 Å². The number of hydroxylamine groups is 1. The highest BCUT2D eigenvalue weighted by Gasteiger charge is 2.23. The number of piperazine rings is 1. The molecule has 0 radical (unpaired) electrons. The van der Waals surface area contributed by atoms with Crippen molar-refractivity contribution in [3.63, 3.8) is 0 Å². The first-order valence-electron chi connectivity index (χ1n) is 9.33. The number of aliphatic hydroxyl groups excluding tert-OH is 1. The van der Waals surface area contributed by atoms with Gasteiger partial charge in [0.15, 0.2) is 0 Å². The maximum absolute atomic E-state index is 11.4. The minimum Gasteiger partial charge on any atom is -0.497 e. The number of amides is 1. The van der Waals surface area contributed by atoms with E-state index < -0.39 is 5.91 Å². The number of rotatable bonds is 7. The summed E-state index contributed by atoms with van der Waals surface area (Å²) in [4.78, 5) is 24.0. The first-order valence-corrected chi connectivity index (χ1v) is 9.33. The van der Waals surface area contributed by atoms with Gasteiger partial charge >= 0.3 is 0 Å². The molecule has 1 aliphatic rings. The molecule has 1 aromatic carbocycles. The fourth-order valence-electron chi connectivity index (χ4n) is 3.16. The minimum atomic E-state index is -0.643. The number of aromatic nitrogens is 2. The second-order valence-corrected chi connectivity index (χ2v) is 6.62. The molecule has 1 aliphatic heterocycles. The molecule has 0 spiro atoms. The van der Waals surface area contributed by atoms with Crippen molar-refractivity contribution in [2.75, 3.05) is 44.8 Å². The van der Waals surface area contributed by atoms with Gasteiger partial charge in [-0.25, -0.2) is 15.4 Å². The van der Waals surface area contributed by atoms with E-state index in [0.29, 0.717) is 19.0 Å². The number of anilines is 1. The first kappa shape index (κ1) is 20.7. The summed E-state index contributed by atoms with van der Waals surface area (Å²) in [6, 6.07) is 7.68. The van der Waals surface area contributed by atoms with Crippen molar-refractivity contribution in [2.24, 2.45) is 0 Å². The van der Waals surface area contributed by atoms with Crippen LogP contribution in [-0.2, 0) is 0 Å². The molecule has 2 aromatic rings. The topological polar surface area (TPSA) is 111 Å². The van der Waals surface area contributed by atoms with Gasteiger partial charge in [-0.3, -0.25) is 14.9 Å². The monoisotopic (exact) mass is 399 g/mol. The lowest BCUT2D eigenvalue weighted by Crippen LogP contribution is -2.51. The summed E-state index contributed by atoms with van der Waals surface area (Å²) in [5, 5.41) is 18.5. The van der Waals surface area contributed by atoms with Crippen LogP contribution in [0.5, 0.6) is 5.75 Å². The summed E-state index contributed by atoms with van der Waals surface area (Å²) in [5.41, 5.74) is 2.80. The van der Waals surface area contributed by atoms with Crippen LogP contribution in [0, 0.1) is 0 Å². The molecule has 0 saturated carbocycles. The van der Waals surface area contributed by atoms with Crippen LogP contribution >= 0.6 is 0 Å². The van der Waals surface area contributed by atoms with E-state index in [1.165, 1.54) is 12.4 Å². The van der Waals surface area contributed by atoms with Gasteiger partial charge < -0.3 is 14.7 Å². The van der Waals surface area contributed by atoms with E-state index in [0.717, 1.165) is 24.4 Å². The molecule has 154 valence electrons. The molecule has 0 bridgehead atoms. The SMILES string of the molecule is COc1ccc(/C=C/C(CO)N2CCN(c3ncc(C(=O)NO)cn3)CC2)cc1. The fraction of sp³-hybridized carbons (Fsp3) is 0.350.